The van der Waals surface area contributed by atoms with Gasteiger partial charge in [-0.1, -0.05) is 30.3 Å². The van der Waals surface area contributed by atoms with E-state index in [9.17, 15) is 14.4 Å². The standard InChI is InChI=1S/C23H26N2O4/c1-3-29-23(28)19-10-6-7-11-20(19)24-21(26)17-12-14-25(15-13-17)22(27)18-9-5-4-8-16(18)2/h4-11,17H,3,12-15H2,1-2H3,(H,24,26). The van der Waals surface area contributed by atoms with Crippen LogP contribution in [0.2, 0.25) is 0 Å². The number of para-hydroxylation sites is 1. The van der Waals surface area contributed by atoms with Gasteiger partial charge >= 0.3 is 5.97 Å². The Hall–Kier alpha value is -3.15. The molecule has 152 valence electrons. The highest BCUT2D eigenvalue weighted by Gasteiger charge is 2.29. The van der Waals surface area contributed by atoms with Crippen LogP contribution in [-0.2, 0) is 9.53 Å². The summed E-state index contributed by atoms with van der Waals surface area (Å²) in [6.07, 6.45) is 1.18. The summed E-state index contributed by atoms with van der Waals surface area (Å²) in [6.45, 7) is 5.00. The Morgan fingerprint density at radius 1 is 1.00 bits per heavy atom. The minimum Gasteiger partial charge on any atom is -0.462 e. The molecule has 0 aliphatic carbocycles. The maximum absolute atomic E-state index is 12.7. The summed E-state index contributed by atoms with van der Waals surface area (Å²) in [4.78, 5) is 39.4. The number of piperidine rings is 1. The Labute approximate surface area is 170 Å². The van der Waals surface area contributed by atoms with Crippen molar-refractivity contribution in [2.45, 2.75) is 26.7 Å². The van der Waals surface area contributed by atoms with Gasteiger partial charge in [-0.2, -0.15) is 0 Å². The van der Waals surface area contributed by atoms with Gasteiger partial charge in [-0.05, 0) is 50.5 Å². The van der Waals surface area contributed by atoms with Crippen molar-refractivity contribution in [3.8, 4) is 0 Å². The summed E-state index contributed by atoms with van der Waals surface area (Å²) in [6, 6.07) is 14.4. The van der Waals surface area contributed by atoms with Crippen LogP contribution >= 0.6 is 0 Å². The van der Waals surface area contributed by atoms with E-state index in [0.29, 0.717) is 42.7 Å². The predicted octanol–water partition coefficient (Wildman–Crippen LogP) is 3.66. The van der Waals surface area contributed by atoms with Crippen molar-refractivity contribution in [2.24, 2.45) is 5.92 Å². The molecule has 0 radical (unpaired) electrons. The molecule has 2 aromatic rings. The first-order chi connectivity index (χ1) is 14.0. The van der Waals surface area contributed by atoms with E-state index >= 15 is 0 Å². The first-order valence-corrected chi connectivity index (χ1v) is 9.93. The van der Waals surface area contributed by atoms with Gasteiger partial charge < -0.3 is 15.0 Å². The number of nitrogens with zero attached hydrogens (tertiary/aromatic N) is 1. The number of carbonyl (C=O) groups is 3. The third kappa shape index (κ3) is 4.83. The quantitative estimate of drug-likeness (QED) is 0.785. The van der Waals surface area contributed by atoms with Crippen LogP contribution < -0.4 is 5.32 Å². The van der Waals surface area contributed by atoms with E-state index in [-0.39, 0.29) is 24.3 Å². The first-order valence-electron chi connectivity index (χ1n) is 9.93. The number of nitrogens with one attached hydrogen (secondary N) is 1. The lowest BCUT2D eigenvalue weighted by Gasteiger charge is -2.31. The fourth-order valence-electron chi connectivity index (χ4n) is 3.54. The van der Waals surface area contributed by atoms with E-state index in [2.05, 4.69) is 5.32 Å². The average Bonchev–Trinajstić information content (AvgIpc) is 2.74. The van der Waals surface area contributed by atoms with Gasteiger partial charge in [-0.3, -0.25) is 9.59 Å². The molecular formula is C23H26N2O4. The third-order valence-electron chi connectivity index (χ3n) is 5.21. The van der Waals surface area contributed by atoms with Crippen LogP contribution in [0.25, 0.3) is 0 Å². The summed E-state index contributed by atoms with van der Waals surface area (Å²) in [5.74, 6) is -0.785. The molecule has 3 rings (SSSR count). The number of esters is 1. The van der Waals surface area contributed by atoms with Crippen LogP contribution in [0.3, 0.4) is 0 Å². The molecule has 29 heavy (non-hydrogen) atoms. The molecule has 1 aliphatic rings. The Morgan fingerprint density at radius 2 is 1.62 bits per heavy atom. The molecule has 0 saturated carbocycles. The second-order valence-corrected chi connectivity index (χ2v) is 7.14. The molecule has 1 aliphatic heterocycles. The molecular weight excluding hydrogens is 368 g/mol. The number of anilines is 1. The molecule has 6 nitrogen and oxygen atoms in total. The number of amides is 2. The summed E-state index contributed by atoms with van der Waals surface area (Å²) in [5.41, 5.74) is 2.45. The topological polar surface area (TPSA) is 75.7 Å². The fourth-order valence-corrected chi connectivity index (χ4v) is 3.54. The predicted molar refractivity (Wildman–Crippen MR) is 111 cm³/mol. The van der Waals surface area contributed by atoms with Gasteiger partial charge in [-0.25, -0.2) is 4.79 Å². The normalized spacial score (nSPS) is 14.3. The zero-order chi connectivity index (χ0) is 20.8. The summed E-state index contributed by atoms with van der Waals surface area (Å²) in [7, 11) is 0. The van der Waals surface area contributed by atoms with E-state index in [4.69, 9.17) is 4.74 Å². The van der Waals surface area contributed by atoms with Crippen molar-refractivity contribution in [3.05, 3.63) is 65.2 Å². The Kier molecular flexibility index (Phi) is 6.65. The lowest BCUT2D eigenvalue weighted by Crippen LogP contribution is -2.41. The number of carbonyl (C=O) groups excluding carboxylic acids is 3. The Morgan fingerprint density at radius 3 is 2.28 bits per heavy atom. The number of rotatable bonds is 5. The number of hydrogen-bond acceptors (Lipinski definition) is 4. The van der Waals surface area contributed by atoms with E-state index in [0.717, 1.165) is 5.56 Å². The highest BCUT2D eigenvalue weighted by Crippen LogP contribution is 2.23. The number of hydrogen-bond donors (Lipinski definition) is 1. The van der Waals surface area contributed by atoms with Gasteiger partial charge in [0, 0.05) is 24.6 Å². The molecule has 6 heteroatoms. The number of likely N-dealkylation sites (tertiary alicyclic amines) is 1. The molecule has 0 spiro atoms. The minimum absolute atomic E-state index is 0.00890. The monoisotopic (exact) mass is 394 g/mol. The average molecular weight is 394 g/mol. The highest BCUT2D eigenvalue weighted by molar-refractivity contribution is 6.02. The van der Waals surface area contributed by atoms with Crippen molar-refractivity contribution in [1.29, 1.82) is 0 Å². The number of aryl methyl sites for hydroxylation is 1. The van der Waals surface area contributed by atoms with Crippen molar-refractivity contribution in [1.82, 2.24) is 4.90 Å². The SMILES string of the molecule is CCOC(=O)c1ccccc1NC(=O)C1CCN(C(=O)c2ccccc2C)CC1. The molecule has 2 amide bonds. The minimum atomic E-state index is -0.456. The Bertz CT molecular complexity index is 901. The maximum atomic E-state index is 12.7. The largest absolute Gasteiger partial charge is 0.462 e. The number of ether oxygens (including phenoxy) is 1. The van der Waals surface area contributed by atoms with Crippen LogP contribution in [0.5, 0.6) is 0 Å². The Balaban J connectivity index is 1.61. The molecule has 0 bridgehead atoms. The van der Waals surface area contributed by atoms with Crippen molar-refractivity contribution < 1.29 is 19.1 Å². The van der Waals surface area contributed by atoms with E-state index in [1.54, 1.807) is 36.1 Å². The van der Waals surface area contributed by atoms with Crippen LogP contribution in [0.4, 0.5) is 5.69 Å². The highest BCUT2D eigenvalue weighted by atomic mass is 16.5. The van der Waals surface area contributed by atoms with E-state index < -0.39 is 5.97 Å². The first kappa shape index (κ1) is 20.6. The van der Waals surface area contributed by atoms with Crippen molar-refractivity contribution in [2.75, 3.05) is 25.0 Å². The van der Waals surface area contributed by atoms with Gasteiger partial charge in [0.2, 0.25) is 5.91 Å². The van der Waals surface area contributed by atoms with Crippen LogP contribution in [0.1, 0.15) is 46.0 Å². The number of benzene rings is 2. The van der Waals surface area contributed by atoms with Crippen LogP contribution in [0, 0.1) is 12.8 Å². The molecule has 1 saturated heterocycles. The molecule has 0 atom stereocenters. The lowest BCUT2D eigenvalue weighted by molar-refractivity contribution is -0.121. The van der Waals surface area contributed by atoms with Gasteiger partial charge in [0.1, 0.15) is 0 Å². The molecule has 0 aromatic heterocycles. The van der Waals surface area contributed by atoms with Crippen molar-refractivity contribution >= 4 is 23.5 Å². The lowest BCUT2D eigenvalue weighted by atomic mass is 9.94. The second-order valence-electron chi connectivity index (χ2n) is 7.14. The zero-order valence-electron chi connectivity index (χ0n) is 16.8. The third-order valence-corrected chi connectivity index (χ3v) is 5.21. The van der Waals surface area contributed by atoms with Gasteiger partial charge in [0.05, 0.1) is 17.9 Å². The molecule has 1 fully saturated rings. The molecule has 1 N–H and O–H groups in total. The summed E-state index contributed by atoms with van der Waals surface area (Å²) in [5, 5.41) is 2.86. The second kappa shape index (κ2) is 9.37. The fraction of sp³-hybridized carbons (Fsp3) is 0.348. The molecule has 1 heterocycles. The van der Waals surface area contributed by atoms with Crippen LogP contribution in [0.15, 0.2) is 48.5 Å². The van der Waals surface area contributed by atoms with Crippen molar-refractivity contribution in [3.63, 3.8) is 0 Å². The van der Waals surface area contributed by atoms with E-state index in [1.165, 1.54) is 0 Å². The maximum Gasteiger partial charge on any atom is 0.340 e. The summed E-state index contributed by atoms with van der Waals surface area (Å²) < 4.78 is 5.05. The van der Waals surface area contributed by atoms with Gasteiger partial charge in [0.15, 0.2) is 0 Å². The van der Waals surface area contributed by atoms with E-state index in [1.807, 2.05) is 31.2 Å². The summed E-state index contributed by atoms with van der Waals surface area (Å²) >= 11 is 0. The smallest absolute Gasteiger partial charge is 0.340 e. The van der Waals surface area contributed by atoms with Gasteiger partial charge in [-0.15, -0.1) is 0 Å². The molecule has 2 aromatic carbocycles. The zero-order valence-corrected chi connectivity index (χ0v) is 16.8. The van der Waals surface area contributed by atoms with Crippen LogP contribution in [-0.4, -0.2) is 42.4 Å². The molecule has 0 unspecified atom stereocenters. The van der Waals surface area contributed by atoms with Gasteiger partial charge in [0.25, 0.3) is 5.91 Å².